The van der Waals surface area contributed by atoms with Gasteiger partial charge in [0.05, 0.1) is 5.69 Å². The number of nitrogens with zero attached hydrogens (tertiary/aromatic N) is 2. The molecule has 2 N–H and O–H groups in total. The SMILES string of the molecule is CN1C(c2cc3ccccc3[nH]2)=NN[C@]12CC1CCC2CC1. The first-order valence-corrected chi connectivity index (χ1v) is 8.43. The molecule has 3 aliphatic carbocycles. The lowest BCUT2D eigenvalue weighted by Crippen LogP contribution is -2.62. The Morgan fingerprint density at radius 2 is 2.00 bits per heavy atom. The van der Waals surface area contributed by atoms with E-state index in [1.165, 1.54) is 43.0 Å². The molecule has 22 heavy (non-hydrogen) atoms. The Hall–Kier alpha value is -1.97. The quantitative estimate of drug-likeness (QED) is 0.847. The van der Waals surface area contributed by atoms with Crippen molar-refractivity contribution in [2.24, 2.45) is 16.9 Å². The normalized spacial score (nSPS) is 33.5. The van der Waals surface area contributed by atoms with Crippen molar-refractivity contribution in [3.05, 3.63) is 36.0 Å². The van der Waals surface area contributed by atoms with Crippen LogP contribution in [0.1, 0.15) is 37.8 Å². The summed E-state index contributed by atoms with van der Waals surface area (Å²) >= 11 is 0. The third kappa shape index (κ3) is 1.55. The topological polar surface area (TPSA) is 43.4 Å². The van der Waals surface area contributed by atoms with Gasteiger partial charge in [-0.15, -0.1) is 0 Å². The summed E-state index contributed by atoms with van der Waals surface area (Å²) in [7, 11) is 2.21. The van der Waals surface area contributed by atoms with Crippen LogP contribution < -0.4 is 5.43 Å². The molecule has 1 atom stereocenters. The molecule has 2 bridgehead atoms. The zero-order valence-corrected chi connectivity index (χ0v) is 13.0. The Kier molecular flexibility index (Phi) is 2.44. The molecule has 4 heteroatoms. The Bertz CT molecular complexity index is 720. The zero-order chi connectivity index (χ0) is 14.7. The third-order valence-corrected chi connectivity index (χ3v) is 6.16. The van der Waals surface area contributed by atoms with E-state index < -0.39 is 0 Å². The fourth-order valence-electron chi connectivity index (χ4n) is 4.92. The summed E-state index contributed by atoms with van der Waals surface area (Å²) in [6.45, 7) is 0. The molecule has 1 aromatic carbocycles. The van der Waals surface area contributed by atoms with Crippen molar-refractivity contribution in [1.82, 2.24) is 15.3 Å². The van der Waals surface area contributed by atoms with Crippen LogP contribution >= 0.6 is 0 Å². The van der Waals surface area contributed by atoms with E-state index in [9.17, 15) is 0 Å². The Labute approximate surface area is 130 Å². The van der Waals surface area contributed by atoms with Crippen LogP contribution in [0.2, 0.25) is 0 Å². The number of hydrogen-bond acceptors (Lipinski definition) is 3. The maximum atomic E-state index is 4.74. The number of aromatic nitrogens is 1. The van der Waals surface area contributed by atoms with Gasteiger partial charge in [0.1, 0.15) is 5.66 Å². The largest absolute Gasteiger partial charge is 0.352 e. The summed E-state index contributed by atoms with van der Waals surface area (Å²) in [6.07, 6.45) is 6.74. The van der Waals surface area contributed by atoms with Crippen LogP contribution in [0.15, 0.2) is 35.4 Å². The smallest absolute Gasteiger partial charge is 0.173 e. The molecular formula is C18H22N4. The lowest BCUT2D eigenvalue weighted by atomic mass is 9.64. The van der Waals surface area contributed by atoms with Gasteiger partial charge in [0.15, 0.2) is 5.84 Å². The molecule has 4 nitrogen and oxygen atoms in total. The minimum Gasteiger partial charge on any atom is -0.352 e. The lowest BCUT2D eigenvalue weighted by Gasteiger charge is -2.52. The second-order valence-corrected chi connectivity index (χ2v) is 7.22. The van der Waals surface area contributed by atoms with Gasteiger partial charge in [-0.3, -0.25) is 5.43 Å². The Morgan fingerprint density at radius 3 is 2.73 bits per heavy atom. The molecule has 114 valence electrons. The molecule has 2 heterocycles. The molecule has 0 radical (unpaired) electrons. The highest BCUT2D eigenvalue weighted by molar-refractivity contribution is 6.02. The molecule has 4 aliphatic rings. The van der Waals surface area contributed by atoms with E-state index in [-0.39, 0.29) is 5.66 Å². The van der Waals surface area contributed by atoms with E-state index in [1.54, 1.807) is 0 Å². The van der Waals surface area contributed by atoms with Gasteiger partial charge in [-0.25, -0.2) is 0 Å². The molecule has 3 fully saturated rings. The Morgan fingerprint density at radius 1 is 1.18 bits per heavy atom. The summed E-state index contributed by atoms with van der Waals surface area (Å²) in [5.74, 6) is 2.66. The fourth-order valence-corrected chi connectivity index (χ4v) is 4.92. The standard InChI is InChI=1S/C18H22N4/c1-22-17(16-10-13-4-2-3-5-15(13)19-16)20-21-18(22)11-12-6-8-14(18)9-7-12/h2-5,10,12,14,19,21H,6-9,11H2,1H3/t12?,14?,18-/m1/s1. The number of para-hydroxylation sites is 1. The van der Waals surface area contributed by atoms with Gasteiger partial charge in [0.25, 0.3) is 0 Å². The molecule has 1 spiro atoms. The highest BCUT2D eigenvalue weighted by Gasteiger charge is 2.53. The molecule has 0 saturated heterocycles. The van der Waals surface area contributed by atoms with Crippen molar-refractivity contribution >= 4 is 16.7 Å². The highest BCUT2D eigenvalue weighted by Crippen LogP contribution is 2.50. The minimum absolute atomic E-state index is 0.0633. The first-order chi connectivity index (χ1) is 10.8. The second kappa shape index (κ2) is 4.28. The number of aromatic amines is 1. The number of nitrogens with one attached hydrogen (secondary N) is 2. The van der Waals surface area contributed by atoms with E-state index in [2.05, 4.69) is 52.7 Å². The fraction of sp³-hybridized carbons (Fsp3) is 0.500. The first kappa shape index (κ1) is 12.6. The number of H-pyrrole nitrogens is 1. The Balaban J connectivity index is 1.52. The maximum absolute atomic E-state index is 4.74. The predicted octanol–water partition coefficient (Wildman–Crippen LogP) is 3.27. The van der Waals surface area contributed by atoms with E-state index in [0.717, 1.165) is 23.4 Å². The van der Waals surface area contributed by atoms with E-state index in [0.29, 0.717) is 0 Å². The molecule has 2 aromatic rings. The summed E-state index contributed by atoms with van der Waals surface area (Å²) in [5, 5.41) is 5.99. The van der Waals surface area contributed by atoms with Crippen molar-refractivity contribution in [2.45, 2.75) is 37.8 Å². The number of hydrogen-bond donors (Lipinski definition) is 2. The summed E-state index contributed by atoms with van der Waals surface area (Å²) in [4.78, 5) is 5.93. The molecule has 0 amide bonds. The van der Waals surface area contributed by atoms with Gasteiger partial charge >= 0.3 is 0 Å². The van der Waals surface area contributed by atoms with Crippen LogP contribution in [0.25, 0.3) is 10.9 Å². The lowest BCUT2D eigenvalue weighted by molar-refractivity contribution is -0.0197. The maximum Gasteiger partial charge on any atom is 0.173 e. The third-order valence-electron chi connectivity index (χ3n) is 6.16. The zero-order valence-electron chi connectivity index (χ0n) is 13.0. The van der Waals surface area contributed by atoms with Crippen molar-refractivity contribution in [3.8, 4) is 0 Å². The van der Waals surface area contributed by atoms with Crippen molar-refractivity contribution in [1.29, 1.82) is 0 Å². The molecular weight excluding hydrogens is 272 g/mol. The first-order valence-electron chi connectivity index (χ1n) is 8.43. The van der Waals surface area contributed by atoms with E-state index >= 15 is 0 Å². The van der Waals surface area contributed by atoms with Crippen LogP contribution in [0.5, 0.6) is 0 Å². The van der Waals surface area contributed by atoms with Crippen LogP contribution in [-0.4, -0.2) is 28.4 Å². The van der Waals surface area contributed by atoms with Crippen LogP contribution in [0.4, 0.5) is 0 Å². The van der Waals surface area contributed by atoms with Gasteiger partial charge in [-0.2, -0.15) is 5.10 Å². The molecule has 1 aliphatic heterocycles. The van der Waals surface area contributed by atoms with Crippen molar-refractivity contribution in [2.75, 3.05) is 7.05 Å². The van der Waals surface area contributed by atoms with Crippen molar-refractivity contribution in [3.63, 3.8) is 0 Å². The average Bonchev–Trinajstić information content (AvgIpc) is 3.11. The molecule has 3 saturated carbocycles. The summed E-state index contributed by atoms with van der Waals surface area (Å²) < 4.78 is 0. The number of fused-ring (bicyclic) bond motifs is 3. The van der Waals surface area contributed by atoms with Gasteiger partial charge in [-0.1, -0.05) is 18.2 Å². The molecule has 1 aromatic heterocycles. The summed E-state index contributed by atoms with van der Waals surface area (Å²) in [5.41, 5.74) is 5.90. The van der Waals surface area contributed by atoms with Gasteiger partial charge in [-0.05, 0) is 50.2 Å². The number of rotatable bonds is 1. The van der Waals surface area contributed by atoms with Crippen LogP contribution in [0, 0.1) is 11.8 Å². The summed E-state index contributed by atoms with van der Waals surface area (Å²) in [6, 6.07) is 10.6. The van der Waals surface area contributed by atoms with E-state index in [4.69, 9.17) is 5.10 Å². The van der Waals surface area contributed by atoms with Crippen LogP contribution in [-0.2, 0) is 0 Å². The number of amidine groups is 1. The average molecular weight is 294 g/mol. The molecule has 6 rings (SSSR count). The predicted molar refractivity (Wildman–Crippen MR) is 88.5 cm³/mol. The second-order valence-electron chi connectivity index (χ2n) is 7.22. The number of benzene rings is 1. The van der Waals surface area contributed by atoms with Gasteiger partial charge in [0.2, 0.25) is 0 Å². The number of hydrazone groups is 1. The monoisotopic (exact) mass is 294 g/mol. The van der Waals surface area contributed by atoms with Gasteiger partial charge in [0, 0.05) is 23.9 Å². The molecule has 0 unspecified atom stereocenters. The van der Waals surface area contributed by atoms with Crippen molar-refractivity contribution < 1.29 is 0 Å². The van der Waals surface area contributed by atoms with Crippen LogP contribution in [0.3, 0.4) is 0 Å². The highest BCUT2D eigenvalue weighted by atomic mass is 15.6. The van der Waals surface area contributed by atoms with E-state index in [1.807, 2.05) is 0 Å². The van der Waals surface area contributed by atoms with Gasteiger partial charge < -0.3 is 9.88 Å². The minimum atomic E-state index is 0.0633.